The molecule has 5 nitrogen and oxygen atoms in total. The van der Waals surface area contributed by atoms with Crippen LogP contribution < -0.4 is 10.5 Å². The first-order valence-corrected chi connectivity index (χ1v) is 8.12. The van der Waals surface area contributed by atoms with Gasteiger partial charge in [0.1, 0.15) is 6.04 Å². The summed E-state index contributed by atoms with van der Waals surface area (Å²) in [5.74, 6) is -0.761. The summed E-state index contributed by atoms with van der Waals surface area (Å²) in [7, 11) is -3.80. The number of primary amides is 1. The van der Waals surface area contributed by atoms with Crippen molar-refractivity contribution in [3.05, 3.63) is 77.2 Å². The Kier molecular flexibility index (Phi) is 5.08. The fourth-order valence-corrected chi connectivity index (χ4v) is 2.87. The Morgan fingerprint density at radius 2 is 1.55 bits per heavy atom. The highest BCUT2D eigenvalue weighted by Crippen LogP contribution is 2.14. The van der Waals surface area contributed by atoms with Gasteiger partial charge in [0.15, 0.2) is 0 Å². The average Bonchev–Trinajstić information content (AvgIpc) is 2.52. The lowest BCUT2D eigenvalue weighted by Crippen LogP contribution is -2.36. The molecule has 2 rings (SSSR count). The highest BCUT2D eigenvalue weighted by molar-refractivity contribution is 7.92. The van der Waals surface area contributed by atoms with E-state index in [0.29, 0.717) is 5.56 Å². The molecule has 0 aliphatic heterocycles. The molecular formula is C16H16N2O3S. The van der Waals surface area contributed by atoms with E-state index in [2.05, 4.69) is 4.72 Å². The van der Waals surface area contributed by atoms with Crippen molar-refractivity contribution in [1.29, 1.82) is 0 Å². The van der Waals surface area contributed by atoms with Gasteiger partial charge in [0.2, 0.25) is 15.9 Å². The zero-order valence-electron chi connectivity index (χ0n) is 11.7. The summed E-state index contributed by atoms with van der Waals surface area (Å²) in [4.78, 5) is 11.5. The summed E-state index contributed by atoms with van der Waals surface area (Å²) >= 11 is 0. The summed E-state index contributed by atoms with van der Waals surface area (Å²) in [6, 6.07) is 16.3. The molecule has 0 aliphatic carbocycles. The van der Waals surface area contributed by atoms with Crippen LogP contribution in [0.3, 0.4) is 0 Å². The van der Waals surface area contributed by atoms with Gasteiger partial charge in [-0.3, -0.25) is 4.79 Å². The van der Waals surface area contributed by atoms with Crippen LogP contribution in [-0.4, -0.2) is 14.3 Å². The molecule has 3 N–H and O–H groups in total. The van der Waals surface area contributed by atoms with Gasteiger partial charge < -0.3 is 5.73 Å². The van der Waals surface area contributed by atoms with Crippen LogP contribution in [0.1, 0.15) is 17.2 Å². The fraction of sp³-hybridized carbons (Fsp3) is 0.0625. The number of sulfonamides is 1. The molecule has 0 aromatic heterocycles. The van der Waals surface area contributed by atoms with Gasteiger partial charge in [-0.05, 0) is 17.2 Å². The van der Waals surface area contributed by atoms with E-state index in [9.17, 15) is 13.2 Å². The van der Waals surface area contributed by atoms with Gasteiger partial charge in [0.25, 0.3) is 0 Å². The highest BCUT2D eigenvalue weighted by Gasteiger charge is 2.22. The Morgan fingerprint density at radius 3 is 2.09 bits per heavy atom. The minimum absolute atomic E-state index is 0.492. The van der Waals surface area contributed by atoms with Crippen molar-refractivity contribution in [3.63, 3.8) is 0 Å². The topological polar surface area (TPSA) is 89.3 Å². The van der Waals surface area contributed by atoms with Crippen LogP contribution in [0.25, 0.3) is 6.08 Å². The molecule has 0 heterocycles. The minimum Gasteiger partial charge on any atom is -0.368 e. The molecule has 2 aromatic carbocycles. The average molecular weight is 316 g/mol. The van der Waals surface area contributed by atoms with Gasteiger partial charge in [-0.25, -0.2) is 8.42 Å². The zero-order valence-corrected chi connectivity index (χ0v) is 12.5. The van der Waals surface area contributed by atoms with Gasteiger partial charge in [0, 0.05) is 5.41 Å². The van der Waals surface area contributed by atoms with Crippen LogP contribution in [0.15, 0.2) is 66.1 Å². The smallest absolute Gasteiger partial charge is 0.240 e. The molecule has 0 spiro atoms. The lowest BCUT2D eigenvalue weighted by Gasteiger charge is -2.14. The molecule has 2 aromatic rings. The molecule has 0 bridgehead atoms. The van der Waals surface area contributed by atoms with Crippen LogP contribution in [0, 0.1) is 0 Å². The number of nitrogens with two attached hydrogens (primary N) is 1. The summed E-state index contributed by atoms with van der Waals surface area (Å²) < 4.78 is 26.5. The maximum Gasteiger partial charge on any atom is 0.240 e. The Labute approximate surface area is 129 Å². The van der Waals surface area contributed by atoms with Crippen molar-refractivity contribution in [2.24, 2.45) is 5.73 Å². The van der Waals surface area contributed by atoms with Crippen LogP contribution in [-0.2, 0) is 14.8 Å². The third-order valence-corrected chi connectivity index (χ3v) is 4.00. The number of amides is 1. The van der Waals surface area contributed by atoms with Crippen LogP contribution in [0.5, 0.6) is 0 Å². The van der Waals surface area contributed by atoms with Crippen LogP contribution in [0.2, 0.25) is 0 Å². The lowest BCUT2D eigenvalue weighted by atomic mass is 10.1. The van der Waals surface area contributed by atoms with Gasteiger partial charge in [-0.2, -0.15) is 4.72 Å². The number of nitrogens with one attached hydrogen (secondary N) is 1. The number of benzene rings is 2. The van der Waals surface area contributed by atoms with E-state index in [4.69, 9.17) is 5.73 Å². The monoisotopic (exact) mass is 316 g/mol. The van der Waals surface area contributed by atoms with Crippen molar-refractivity contribution in [2.75, 3.05) is 0 Å². The molecule has 114 valence electrons. The quantitative estimate of drug-likeness (QED) is 0.851. The van der Waals surface area contributed by atoms with Crippen molar-refractivity contribution in [3.8, 4) is 0 Å². The van der Waals surface area contributed by atoms with E-state index in [-0.39, 0.29) is 0 Å². The van der Waals surface area contributed by atoms with Crippen molar-refractivity contribution in [2.45, 2.75) is 6.04 Å². The molecule has 1 atom stereocenters. The number of hydrogen-bond acceptors (Lipinski definition) is 3. The zero-order chi connectivity index (χ0) is 16.0. The number of carbonyl (C=O) groups is 1. The highest BCUT2D eigenvalue weighted by atomic mass is 32.2. The number of rotatable bonds is 6. The van der Waals surface area contributed by atoms with E-state index in [1.165, 1.54) is 6.08 Å². The summed E-state index contributed by atoms with van der Waals surface area (Å²) in [6.07, 6.45) is 1.45. The molecule has 22 heavy (non-hydrogen) atoms. The second kappa shape index (κ2) is 7.02. The van der Waals surface area contributed by atoms with Crippen molar-refractivity contribution < 1.29 is 13.2 Å². The molecule has 0 saturated carbocycles. The summed E-state index contributed by atoms with van der Waals surface area (Å²) in [5.41, 5.74) is 6.52. The summed E-state index contributed by atoms with van der Waals surface area (Å²) in [5, 5.41) is 1.02. The Morgan fingerprint density at radius 1 is 1.00 bits per heavy atom. The first kappa shape index (κ1) is 15.9. The maximum absolute atomic E-state index is 12.1. The molecule has 0 unspecified atom stereocenters. The SMILES string of the molecule is NC(=O)[C@H](NS(=O)(=O)/C=C\c1ccccc1)c1ccccc1. The van der Waals surface area contributed by atoms with Gasteiger partial charge >= 0.3 is 0 Å². The predicted molar refractivity (Wildman–Crippen MR) is 85.9 cm³/mol. The van der Waals surface area contributed by atoms with Crippen LogP contribution >= 0.6 is 0 Å². The number of carbonyl (C=O) groups excluding carboxylic acids is 1. The molecule has 0 aliphatic rings. The number of hydrogen-bond donors (Lipinski definition) is 2. The van der Waals surface area contributed by atoms with E-state index >= 15 is 0 Å². The Bertz CT molecular complexity index is 756. The third kappa shape index (κ3) is 4.54. The van der Waals surface area contributed by atoms with Gasteiger partial charge in [-0.15, -0.1) is 0 Å². The van der Waals surface area contributed by atoms with E-state index in [0.717, 1.165) is 11.0 Å². The molecular weight excluding hydrogens is 300 g/mol. The van der Waals surface area contributed by atoms with Gasteiger partial charge in [0.05, 0.1) is 0 Å². The summed E-state index contributed by atoms with van der Waals surface area (Å²) in [6.45, 7) is 0. The first-order valence-electron chi connectivity index (χ1n) is 6.58. The molecule has 6 heteroatoms. The fourth-order valence-electron chi connectivity index (χ4n) is 1.87. The molecule has 0 saturated heterocycles. The Hall–Kier alpha value is -2.44. The Balaban J connectivity index is 2.19. The van der Waals surface area contributed by atoms with Crippen molar-refractivity contribution >= 4 is 22.0 Å². The molecule has 0 fully saturated rings. The standard InChI is InChI=1S/C16H16N2O3S/c17-16(19)15(14-9-5-2-6-10-14)18-22(20,21)12-11-13-7-3-1-4-8-13/h1-12,15,18H,(H2,17,19)/b12-11-/t15-/m1/s1. The van der Waals surface area contributed by atoms with E-state index in [1.807, 2.05) is 6.07 Å². The van der Waals surface area contributed by atoms with Gasteiger partial charge in [-0.1, -0.05) is 60.7 Å². The first-order chi connectivity index (χ1) is 10.5. The minimum atomic E-state index is -3.80. The van der Waals surface area contributed by atoms with Crippen LogP contribution in [0.4, 0.5) is 0 Å². The van der Waals surface area contributed by atoms with E-state index < -0.39 is 22.0 Å². The van der Waals surface area contributed by atoms with Crippen molar-refractivity contribution in [1.82, 2.24) is 4.72 Å². The van der Waals surface area contributed by atoms with E-state index in [1.54, 1.807) is 54.6 Å². The second-order valence-electron chi connectivity index (χ2n) is 4.62. The molecule has 1 amide bonds. The maximum atomic E-state index is 12.1. The normalized spacial score (nSPS) is 13.1. The lowest BCUT2D eigenvalue weighted by molar-refractivity contribution is -0.119. The largest absolute Gasteiger partial charge is 0.368 e. The molecule has 0 radical (unpaired) electrons. The predicted octanol–water partition coefficient (Wildman–Crippen LogP) is 1.80. The third-order valence-electron chi connectivity index (χ3n) is 2.94. The second-order valence-corrected chi connectivity index (χ2v) is 6.22.